The van der Waals surface area contributed by atoms with E-state index in [0.29, 0.717) is 17.6 Å². The fourth-order valence-corrected chi connectivity index (χ4v) is 6.65. The SMILES string of the molecule is CC.Fc1c(Nc2cc(C3CCC(C4CC4)C3)[nH]n2)ccc2c1CSC2.O=CNC1CCCC1. The molecule has 3 fully saturated rings. The first-order valence-electron chi connectivity index (χ1n) is 13.1. The van der Waals surface area contributed by atoms with Crippen molar-refractivity contribution < 1.29 is 9.18 Å². The van der Waals surface area contributed by atoms with Crippen LogP contribution in [0.4, 0.5) is 15.9 Å². The Balaban J connectivity index is 0.000000232. The quantitative estimate of drug-likeness (QED) is 0.383. The standard InChI is InChI=1S/C19H22FN3S.C6H11NO.C2H6/c20-19-15-10-24-9-14(15)5-6-16(19)21-18-8-17(22-23-18)13-4-3-12(7-13)11-1-2-11;8-5-7-6-3-1-2-4-6;1-2/h5-6,8,11-13H,1-4,7,9-10H2,(H2,21,22,23);5-6H,1-4H2,(H,7,8);1-2H3. The summed E-state index contributed by atoms with van der Waals surface area (Å²) in [6, 6.07) is 6.44. The third-order valence-electron chi connectivity index (χ3n) is 7.57. The van der Waals surface area contributed by atoms with Crippen LogP contribution in [0.5, 0.6) is 0 Å². The number of nitrogens with one attached hydrogen (secondary N) is 3. The highest BCUT2D eigenvalue weighted by atomic mass is 32.2. The zero-order valence-electron chi connectivity index (χ0n) is 20.5. The molecule has 2 atom stereocenters. The first-order valence-corrected chi connectivity index (χ1v) is 14.3. The minimum atomic E-state index is -0.114. The number of anilines is 2. The summed E-state index contributed by atoms with van der Waals surface area (Å²) in [6.45, 7) is 4.00. The molecule has 1 aromatic carbocycles. The number of halogens is 1. The molecule has 2 unspecified atom stereocenters. The molecule has 2 aromatic rings. The normalized spacial score (nSPS) is 23.4. The number of benzene rings is 1. The number of carbonyl (C=O) groups is 1. The van der Waals surface area contributed by atoms with Gasteiger partial charge in [0.1, 0.15) is 0 Å². The van der Waals surface area contributed by atoms with Gasteiger partial charge in [0.15, 0.2) is 11.6 Å². The van der Waals surface area contributed by atoms with Crippen LogP contribution in [0.3, 0.4) is 0 Å². The fourth-order valence-electron chi connectivity index (χ4n) is 5.54. The number of hydrogen-bond acceptors (Lipinski definition) is 4. The summed E-state index contributed by atoms with van der Waals surface area (Å²) in [4.78, 5) is 9.85. The van der Waals surface area contributed by atoms with Crippen LogP contribution in [0.2, 0.25) is 0 Å². The van der Waals surface area contributed by atoms with Crippen molar-refractivity contribution in [3.05, 3.63) is 40.8 Å². The number of aromatic nitrogens is 2. The number of H-pyrrole nitrogens is 1. The third-order valence-corrected chi connectivity index (χ3v) is 8.57. The second-order valence-corrected chi connectivity index (χ2v) is 10.8. The van der Waals surface area contributed by atoms with Crippen molar-refractivity contribution in [2.24, 2.45) is 11.8 Å². The first kappa shape index (κ1) is 25.1. The van der Waals surface area contributed by atoms with E-state index in [4.69, 9.17) is 0 Å². The summed E-state index contributed by atoms with van der Waals surface area (Å²) in [5.74, 6) is 4.81. The van der Waals surface area contributed by atoms with Gasteiger partial charge in [-0.3, -0.25) is 9.89 Å². The van der Waals surface area contributed by atoms with Gasteiger partial charge in [0.2, 0.25) is 6.41 Å². The average molecular weight is 487 g/mol. The minimum Gasteiger partial charge on any atom is -0.356 e. The number of fused-ring (bicyclic) bond motifs is 1. The Kier molecular flexibility index (Phi) is 8.92. The Hall–Kier alpha value is -2.02. The molecule has 1 amide bonds. The van der Waals surface area contributed by atoms with E-state index in [2.05, 4.69) is 26.9 Å². The Bertz CT molecular complexity index is 939. The molecule has 4 aliphatic rings. The zero-order chi connectivity index (χ0) is 23.9. The van der Waals surface area contributed by atoms with E-state index in [1.807, 2.05) is 26.0 Å². The number of aromatic amines is 1. The van der Waals surface area contributed by atoms with E-state index in [0.717, 1.165) is 46.7 Å². The maximum absolute atomic E-state index is 14.6. The molecule has 186 valence electrons. The lowest BCUT2D eigenvalue weighted by molar-refractivity contribution is -0.110. The van der Waals surface area contributed by atoms with Crippen molar-refractivity contribution in [1.29, 1.82) is 0 Å². The van der Waals surface area contributed by atoms with Gasteiger partial charge in [0, 0.05) is 40.8 Å². The van der Waals surface area contributed by atoms with E-state index < -0.39 is 0 Å². The number of rotatable bonds is 6. The summed E-state index contributed by atoms with van der Waals surface area (Å²) >= 11 is 1.77. The minimum absolute atomic E-state index is 0.114. The predicted molar refractivity (Wildman–Crippen MR) is 139 cm³/mol. The molecule has 3 aliphatic carbocycles. The van der Waals surface area contributed by atoms with Gasteiger partial charge in [-0.2, -0.15) is 16.9 Å². The van der Waals surface area contributed by atoms with Crippen LogP contribution in [-0.4, -0.2) is 22.6 Å². The Morgan fingerprint density at radius 1 is 1.06 bits per heavy atom. The molecule has 34 heavy (non-hydrogen) atoms. The van der Waals surface area contributed by atoms with Crippen molar-refractivity contribution in [3.63, 3.8) is 0 Å². The molecule has 3 N–H and O–H groups in total. The highest BCUT2D eigenvalue weighted by Gasteiger charge is 2.37. The molecule has 2 heterocycles. The van der Waals surface area contributed by atoms with Crippen LogP contribution in [0.1, 0.15) is 94.4 Å². The molecule has 1 aromatic heterocycles. The molecule has 5 nitrogen and oxygen atoms in total. The van der Waals surface area contributed by atoms with Crippen LogP contribution in [0.15, 0.2) is 18.2 Å². The smallest absolute Gasteiger partial charge is 0.207 e. The molecule has 0 bridgehead atoms. The van der Waals surface area contributed by atoms with Crippen molar-refractivity contribution in [3.8, 4) is 0 Å². The Labute approximate surface area is 207 Å². The van der Waals surface area contributed by atoms with E-state index >= 15 is 0 Å². The summed E-state index contributed by atoms with van der Waals surface area (Å²) in [5, 5.41) is 13.5. The molecule has 6 rings (SSSR count). The van der Waals surface area contributed by atoms with Crippen molar-refractivity contribution >= 4 is 29.7 Å². The Morgan fingerprint density at radius 2 is 1.82 bits per heavy atom. The monoisotopic (exact) mass is 486 g/mol. The second kappa shape index (κ2) is 12.1. The number of hydrogen-bond donors (Lipinski definition) is 3. The largest absolute Gasteiger partial charge is 0.356 e. The van der Waals surface area contributed by atoms with Crippen LogP contribution in [0, 0.1) is 17.7 Å². The van der Waals surface area contributed by atoms with Gasteiger partial charge in [-0.15, -0.1) is 0 Å². The van der Waals surface area contributed by atoms with Crippen molar-refractivity contribution in [1.82, 2.24) is 15.5 Å². The van der Waals surface area contributed by atoms with Crippen LogP contribution in [-0.2, 0) is 16.3 Å². The van der Waals surface area contributed by atoms with Crippen molar-refractivity contribution in [2.75, 3.05) is 5.32 Å². The first-order chi connectivity index (χ1) is 16.7. The van der Waals surface area contributed by atoms with Gasteiger partial charge in [-0.05, 0) is 68.4 Å². The van der Waals surface area contributed by atoms with Crippen LogP contribution < -0.4 is 10.6 Å². The molecule has 0 radical (unpaired) electrons. The molecule has 0 saturated heterocycles. The molecule has 7 heteroatoms. The van der Waals surface area contributed by atoms with Gasteiger partial charge in [-0.25, -0.2) is 4.39 Å². The van der Waals surface area contributed by atoms with Gasteiger partial charge >= 0.3 is 0 Å². The van der Waals surface area contributed by atoms with Gasteiger partial charge < -0.3 is 10.6 Å². The predicted octanol–water partition coefficient (Wildman–Crippen LogP) is 7.03. The summed E-state index contributed by atoms with van der Waals surface area (Å²) in [7, 11) is 0. The lowest BCUT2D eigenvalue weighted by atomic mass is 9.98. The molecular weight excluding hydrogens is 447 g/mol. The third kappa shape index (κ3) is 6.15. The maximum Gasteiger partial charge on any atom is 0.207 e. The van der Waals surface area contributed by atoms with Gasteiger partial charge in [0.25, 0.3) is 0 Å². The van der Waals surface area contributed by atoms with Crippen LogP contribution >= 0.6 is 11.8 Å². The number of thioether (sulfide) groups is 1. The summed E-state index contributed by atoms with van der Waals surface area (Å²) < 4.78 is 14.6. The van der Waals surface area contributed by atoms with E-state index in [-0.39, 0.29) is 5.82 Å². The fraction of sp³-hybridized carbons (Fsp3) is 0.630. The molecular formula is C27H39FN4OS. The second-order valence-electron chi connectivity index (χ2n) is 9.76. The highest BCUT2D eigenvalue weighted by molar-refractivity contribution is 7.98. The lowest BCUT2D eigenvalue weighted by Gasteiger charge is -2.09. The molecule has 1 aliphatic heterocycles. The van der Waals surface area contributed by atoms with Crippen LogP contribution in [0.25, 0.3) is 0 Å². The highest BCUT2D eigenvalue weighted by Crippen LogP contribution is 2.49. The number of nitrogens with zero attached hydrogens (tertiary/aromatic N) is 1. The maximum atomic E-state index is 14.6. The Morgan fingerprint density at radius 3 is 2.56 bits per heavy atom. The van der Waals surface area contributed by atoms with Gasteiger partial charge in [0.05, 0.1) is 5.69 Å². The van der Waals surface area contributed by atoms with E-state index in [1.54, 1.807) is 11.8 Å². The van der Waals surface area contributed by atoms with E-state index in [1.165, 1.54) is 63.5 Å². The lowest BCUT2D eigenvalue weighted by Crippen LogP contribution is -2.23. The zero-order valence-corrected chi connectivity index (χ0v) is 21.4. The summed E-state index contributed by atoms with van der Waals surface area (Å²) in [6.07, 6.45) is 12.5. The number of amides is 1. The van der Waals surface area contributed by atoms with Gasteiger partial charge in [-0.1, -0.05) is 32.8 Å². The molecule has 3 saturated carbocycles. The number of carbonyl (C=O) groups excluding carboxylic acids is 1. The summed E-state index contributed by atoms with van der Waals surface area (Å²) in [5.41, 5.74) is 3.72. The molecule has 0 spiro atoms. The van der Waals surface area contributed by atoms with E-state index in [9.17, 15) is 9.18 Å². The topological polar surface area (TPSA) is 69.8 Å². The average Bonchev–Trinajstić information content (AvgIpc) is 3.34. The van der Waals surface area contributed by atoms with Crippen molar-refractivity contribution in [2.45, 2.75) is 95.1 Å².